The van der Waals surface area contributed by atoms with Gasteiger partial charge in [-0.2, -0.15) is 0 Å². The van der Waals surface area contributed by atoms with Gasteiger partial charge in [-0.05, 0) is 41.7 Å². The summed E-state index contributed by atoms with van der Waals surface area (Å²) in [4.78, 5) is 29.1. The third-order valence-electron chi connectivity index (χ3n) is 8.32. The van der Waals surface area contributed by atoms with Crippen LogP contribution in [0.2, 0.25) is 0 Å². The van der Waals surface area contributed by atoms with Gasteiger partial charge in [0, 0.05) is 56.6 Å². The first-order valence-corrected chi connectivity index (χ1v) is 17.5. The highest BCUT2D eigenvalue weighted by Crippen LogP contribution is 2.39. The lowest BCUT2D eigenvalue weighted by Gasteiger charge is -2.36. The Morgan fingerprint density at radius 1 is 0.917 bits per heavy atom. The Kier molecular flexibility index (Phi) is 13.1. The Morgan fingerprint density at radius 2 is 1.60 bits per heavy atom. The summed E-state index contributed by atoms with van der Waals surface area (Å²) in [5.41, 5.74) is 10.9. The topological polar surface area (TPSA) is 141 Å². The number of aryl methyl sites for hydroxylation is 1. The molecule has 3 aromatic carbocycles. The average molecular weight is 672 g/mol. The molecule has 0 saturated carbocycles. The maximum Gasteiger partial charge on any atom is 0.224 e. The summed E-state index contributed by atoms with van der Waals surface area (Å²) in [5.74, 6) is 0.698. The lowest BCUT2D eigenvalue weighted by atomic mass is 10.0. The summed E-state index contributed by atoms with van der Waals surface area (Å²) in [5, 5.41) is 16.3. The van der Waals surface area contributed by atoms with E-state index >= 15 is 0 Å². The van der Waals surface area contributed by atoms with Crippen LogP contribution in [-0.4, -0.2) is 38.3 Å². The van der Waals surface area contributed by atoms with E-state index in [1.54, 1.807) is 30.1 Å². The summed E-state index contributed by atoms with van der Waals surface area (Å²) in [6, 6.07) is 23.1. The number of thioether (sulfide) groups is 1. The number of aliphatic hydroxyl groups is 1. The Morgan fingerprint density at radius 3 is 2.29 bits per heavy atom. The number of nitrogens with two attached hydrogens (primary N) is 1. The molecule has 2 heterocycles. The SMILES string of the molecule is Cn1ccnc1SC[C@@H]1C[C@H](c2ccc(CO)cc2)O[C@H](c2ccc(CNC(=O)CCCCCCC(=O)Nc3ccccc3N)cc2)O1. The van der Waals surface area contributed by atoms with Crippen LogP contribution in [0, 0.1) is 0 Å². The minimum atomic E-state index is -0.542. The summed E-state index contributed by atoms with van der Waals surface area (Å²) in [7, 11) is 1.98. The minimum absolute atomic E-state index is 0.00125. The third kappa shape index (κ3) is 10.4. The highest BCUT2D eigenvalue weighted by atomic mass is 32.2. The number of carbonyl (C=O) groups is 2. The predicted octanol–water partition coefficient (Wildman–Crippen LogP) is 6.43. The van der Waals surface area contributed by atoms with Gasteiger partial charge in [0.15, 0.2) is 11.4 Å². The quantitative estimate of drug-likeness (QED) is 0.0607. The number of rotatable bonds is 16. The zero-order chi connectivity index (χ0) is 33.7. The fourth-order valence-electron chi connectivity index (χ4n) is 5.51. The van der Waals surface area contributed by atoms with Crippen LogP contribution in [0.3, 0.4) is 0 Å². The zero-order valence-corrected chi connectivity index (χ0v) is 28.2. The van der Waals surface area contributed by atoms with Gasteiger partial charge in [0.1, 0.15) is 0 Å². The Labute approximate surface area is 286 Å². The van der Waals surface area contributed by atoms with E-state index < -0.39 is 6.29 Å². The van der Waals surface area contributed by atoms with Gasteiger partial charge >= 0.3 is 0 Å². The van der Waals surface area contributed by atoms with Crippen molar-refractivity contribution in [2.75, 3.05) is 16.8 Å². The third-order valence-corrected chi connectivity index (χ3v) is 9.51. The molecule has 254 valence electrons. The van der Waals surface area contributed by atoms with Crippen LogP contribution in [0.15, 0.2) is 90.3 Å². The van der Waals surface area contributed by atoms with Crippen molar-refractivity contribution in [1.82, 2.24) is 14.9 Å². The number of ether oxygens (including phenoxy) is 2. The van der Waals surface area contributed by atoms with E-state index in [4.69, 9.17) is 15.2 Å². The standard InChI is InChI=1S/C37H45N5O5S/c1-42-21-20-39-37(42)48-25-30-22-33(28-16-14-27(24-43)15-17-28)47-36(46-30)29-18-12-26(13-19-29)23-40-34(44)10-4-2-3-5-11-35(45)41-32-9-7-6-8-31(32)38/h6-9,12-21,30,33,36,43H,2-5,10-11,22-25,38H2,1H3,(H,40,44)(H,41,45)/t30-,33+,36+/m0/s1. The second-order valence-electron chi connectivity index (χ2n) is 12.0. The van der Waals surface area contributed by atoms with Gasteiger partial charge in [0.05, 0.1) is 30.2 Å². The fourth-order valence-corrected chi connectivity index (χ4v) is 6.46. The maximum atomic E-state index is 12.5. The number of carbonyl (C=O) groups excluding carboxylic acids is 2. The Bertz CT molecular complexity index is 1610. The molecule has 1 saturated heterocycles. The Hall–Kier alpha value is -4.16. The summed E-state index contributed by atoms with van der Waals surface area (Å²) in [6.45, 7) is 0.443. The van der Waals surface area contributed by atoms with Crippen molar-refractivity contribution in [3.63, 3.8) is 0 Å². The summed E-state index contributed by atoms with van der Waals surface area (Å²) < 4.78 is 14.9. The molecule has 0 radical (unpaired) electrons. The highest BCUT2D eigenvalue weighted by Gasteiger charge is 2.32. The van der Waals surface area contributed by atoms with E-state index in [1.165, 1.54) is 0 Å². The number of para-hydroxylation sites is 2. The largest absolute Gasteiger partial charge is 0.397 e. The fraction of sp³-hybridized carbons (Fsp3) is 0.378. The van der Waals surface area contributed by atoms with Crippen LogP contribution in [0.5, 0.6) is 0 Å². The van der Waals surface area contributed by atoms with Crippen LogP contribution < -0.4 is 16.4 Å². The molecular formula is C37H45N5O5S. The first kappa shape index (κ1) is 35.2. The number of amides is 2. The number of nitrogens with one attached hydrogen (secondary N) is 2. The number of imidazole rings is 1. The number of hydrogen-bond acceptors (Lipinski definition) is 8. The molecule has 11 heteroatoms. The van der Waals surface area contributed by atoms with Gasteiger partial charge in [-0.15, -0.1) is 0 Å². The molecular weight excluding hydrogens is 627 g/mol. The van der Waals surface area contributed by atoms with Crippen LogP contribution in [0.1, 0.15) is 79.6 Å². The number of benzene rings is 3. The molecule has 4 aromatic rings. The molecule has 5 N–H and O–H groups in total. The molecule has 0 aliphatic carbocycles. The van der Waals surface area contributed by atoms with E-state index in [0.717, 1.165) is 58.8 Å². The van der Waals surface area contributed by atoms with Crippen molar-refractivity contribution in [3.8, 4) is 0 Å². The molecule has 1 fully saturated rings. The second-order valence-corrected chi connectivity index (χ2v) is 13.0. The van der Waals surface area contributed by atoms with Crippen molar-refractivity contribution in [2.24, 2.45) is 7.05 Å². The van der Waals surface area contributed by atoms with Crippen LogP contribution in [-0.2, 0) is 39.3 Å². The van der Waals surface area contributed by atoms with Crippen LogP contribution in [0.4, 0.5) is 11.4 Å². The molecule has 3 atom stereocenters. The number of anilines is 2. The molecule has 0 unspecified atom stereocenters. The number of nitrogen functional groups attached to an aromatic ring is 1. The van der Waals surface area contributed by atoms with Crippen LogP contribution >= 0.6 is 11.8 Å². The van der Waals surface area contributed by atoms with E-state index in [2.05, 4.69) is 15.6 Å². The molecule has 1 aliphatic rings. The minimum Gasteiger partial charge on any atom is -0.397 e. The van der Waals surface area contributed by atoms with E-state index in [0.29, 0.717) is 37.2 Å². The number of hydrogen-bond donors (Lipinski definition) is 4. The van der Waals surface area contributed by atoms with Crippen molar-refractivity contribution < 1.29 is 24.2 Å². The van der Waals surface area contributed by atoms with E-state index in [1.807, 2.05) is 78.5 Å². The first-order valence-electron chi connectivity index (χ1n) is 16.5. The van der Waals surface area contributed by atoms with Crippen molar-refractivity contribution in [3.05, 3.63) is 107 Å². The van der Waals surface area contributed by atoms with Crippen molar-refractivity contribution in [1.29, 1.82) is 0 Å². The first-order chi connectivity index (χ1) is 23.4. The van der Waals surface area contributed by atoms with Gasteiger partial charge in [-0.1, -0.05) is 85.3 Å². The van der Waals surface area contributed by atoms with E-state index in [9.17, 15) is 14.7 Å². The highest BCUT2D eigenvalue weighted by molar-refractivity contribution is 7.99. The summed E-state index contributed by atoms with van der Waals surface area (Å²) in [6.07, 6.45) is 7.86. The van der Waals surface area contributed by atoms with Crippen molar-refractivity contribution in [2.45, 2.75) is 81.8 Å². The Balaban J connectivity index is 1.05. The number of aliphatic hydroxyl groups excluding tert-OH is 1. The number of nitrogens with zero attached hydrogens (tertiary/aromatic N) is 2. The molecule has 10 nitrogen and oxygen atoms in total. The van der Waals surface area contributed by atoms with Crippen LogP contribution in [0.25, 0.3) is 0 Å². The normalized spacial score (nSPS) is 17.6. The molecule has 5 rings (SSSR count). The zero-order valence-electron chi connectivity index (χ0n) is 27.3. The molecule has 0 spiro atoms. The van der Waals surface area contributed by atoms with Gasteiger partial charge in [0.2, 0.25) is 11.8 Å². The predicted molar refractivity (Wildman–Crippen MR) is 188 cm³/mol. The monoisotopic (exact) mass is 671 g/mol. The van der Waals surface area contributed by atoms with Gasteiger partial charge in [-0.25, -0.2) is 4.98 Å². The van der Waals surface area contributed by atoms with Gasteiger partial charge in [-0.3, -0.25) is 9.59 Å². The maximum absolute atomic E-state index is 12.5. The molecule has 48 heavy (non-hydrogen) atoms. The lowest BCUT2D eigenvalue weighted by molar-refractivity contribution is -0.245. The number of unbranched alkanes of at least 4 members (excludes halogenated alkanes) is 3. The molecule has 2 amide bonds. The van der Waals surface area contributed by atoms with Crippen molar-refractivity contribution >= 4 is 35.0 Å². The number of aromatic nitrogens is 2. The molecule has 1 aromatic heterocycles. The van der Waals surface area contributed by atoms with Gasteiger partial charge < -0.3 is 35.5 Å². The smallest absolute Gasteiger partial charge is 0.224 e. The van der Waals surface area contributed by atoms with E-state index in [-0.39, 0.29) is 30.6 Å². The second kappa shape index (κ2) is 17.8. The van der Waals surface area contributed by atoms with Gasteiger partial charge in [0.25, 0.3) is 0 Å². The molecule has 0 bridgehead atoms. The lowest BCUT2D eigenvalue weighted by Crippen LogP contribution is -2.31. The summed E-state index contributed by atoms with van der Waals surface area (Å²) >= 11 is 1.66. The average Bonchev–Trinajstić information content (AvgIpc) is 3.53. The molecule has 1 aliphatic heterocycles.